The van der Waals surface area contributed by atoms with Crippen LogP contribution in [0.2, 0.25) is 0 Å². The number of ether oxygens (including phenoxy) is 1. The summed E-state index contributed by atoms with van der Waals surface area (Å²) in [6.45, 7) is 1.84. The molecule has 4 heteroatoms. The van der Waals surface area contributed by atoms with E-state index in [0.29, 0.717) is 12.0 Å². The van der Waals surface area contributed by atoms with Crippen LogP contribution in [0.3, 0.4) is 0 Å². The van der Waals surface area contributed by atoms with Gasteiger partial charge in [0.05, 0.1) is 6.20 Å². The highest BCUT2D eigenvalue weighted by atomic mass is 16.5. The maximum Gasteiger partial charge on any atom is 0.0537 e. The van der Waals surface area contributed by atoms with Gasteiger partial charge in [-0.15, -0.1) is 0 Å². The lowest BCUT2D eigenvalue weighted by atomic mass is 9.96. The van der Waals surface area contributed by atoms with Crippen LogP contribution in [0.4, 0.5) is 0 Å². The fourth-order valence-electron chi connectivity index (χ4n) is 2.14. The maximum atomic E-state index is 5.39. The summed E-state index contributed by atoms with van der Waals surface area (Å²) in [5.74, 6) is 0.697. The van der Waals surface area contributed by atoms with Gasteiger partial charge in [0.2, 0.25) is 0 Å². The first-order valence-corrected chi connectivity index (χ1v) is 5.53. The van der Waals surface area contributed by atoms with E-state index < -0.39 is 0 Å². The van der Waals surface area contributed by atoms with Crippen molar-refractivity contribution in [2.75, 3.05) is 20.3 Å². The summed E-state index contributed by atoms with van der Waals surface area (Å²) < 4.78 is 7.25. The van der Waals surface area contributed by atoms with Crippen molar-refractivity contribution < 1.29 is 4.74 Å². The summed E-state index contributed by atoms with van der Waals surface area (Å²) in [6, 6.07) is 0.408. The quantitative estimate of drug-likeness (QED) is 0.807. The second-order valence-corrected chi connectivity index (χ2v) is 4.25. The van der Waals surface area contributed by atoms with E-state index in [1.807, 2.05) is 25.0 Å². The number of nitrogens with one attached hydrogen (secondary N) is 1. The molecule has 2 rings (SSSR count). The summed E-state index contributed by atoms with van der Waals surface area (Å²) in [5.41, 5.74) is 1.27. The summed E-state index contributed by atoms with van der Waals surface area (Å²) in [5, 5.41) is 7.56. The van der Waals surface area contributed by atoms with Crippen LogP contribution in [-0.2, 0) is 11.8 Å². The van der Waals surface area contributed by atoms with Crippen molar-refractivity contribution in [2.45, 2.75) is 18.9 Å². The van der Waals surface area contributed by atoms with Crippen molar-refractivity contribution in [1.29, 1.82) is 0 Å². The number of rotatable bonds is 4. The van der Waals surface area contributed by atoms with Crippen molar-refractivity contribution in [3.05, 3.63) is 18.0 Å². The Morgan fingerprint density at radius 2 is 2.60 bits per heavy atom. The van der Waals surface area contributed by atoms with Crippen molar-refractivity contribution in [3.63, 3.8) is 0 Å². The third kappa shape index (κ3) is 2.58. The Hall–Kier alpha value is -0.870. The molecule has 0 aliphatic carbocycles. The largest absolute Gasteiger partial charge is 0.381 e. The first-order chi connectivity index (χ1) is 7.29. The fourth-order valence-corrected chi connectivity index (χ4v) is 2.14. The molecule has 2 heterocycles. The van der Waals surface area contributed by atoms with Gasteiger partial charge in [-0.05, 0) is 25.8 Å². The van der Waals surface area contributed by atoms with E-state index in [9.17, 15) is 0 Å². The molecule has 1 aliphatic heterocycles. The highest BCUT2D eigenvalue weighted by Gasteiger charge is 2.21. The minimum atomic E-state index is 0.408. The summed E-state index contributed by atoms with van der Waals surface area (Å²) in [6.07, 6.45) is 6.36. The van der Waals surface area contributed by atoms with Gasteiger partial charge in [0.15, 0.2) is 0 Å². The monoisotopic (exact) mass is 209 g/mol. The molecular weight excluding hydrogens is 190 g/mol. The Labute approximate surface area is 90.6 Å². The predicted octanol–water partition coefficient (Wildman–Crippen LogP) is 1.11. The molecule has 1 fully saturated rings. The highest BCUT2D eigenvalue weighted by molar-refractivity contribution is 5.10. The molecule has 1 aliphatic rings. The SMILES string of the molecule is CNC(CC1CCOC1)c1cnn(C)c1. The van der Waals surface area contributed by atoms with Gasteiger partial charge < -0.3 is 10.1 Å². The normalized spacial score (nSPS) is 23.2. The number of hydrogen-bond donors (Lipinski definition) is 1. The van der Waals surface area contributed by atoms with Gasteiger partial charge >= 0.3 is 0 Å². The molecule has 1 saturated heterocycles. The van der Waals surface area contributed by atoms with E-state index in [1.54, 1.807) is 0 Å². The molecule has 84 valence electrons. The Balaban J connectivity index is 1.97. The first-order valence-electron chi connectivity index (χ1n) is 5.53. The smallest absolute Gasteiger partial charge is 0.0537 e. The number of aromatic nitrogens is 2. The molecule has 0 aromatic carbocycles. The Kier molecular flexibility index (Phi) is 3.38. The lowest BCUT2D eigenvalue weighted by Gasteiger charge is -2.17. The average molecular weight is 209 g/mol. The second kappa shape index (κ2) is 4.77. The zero-order chi connectivity index (χ0) is 10.7. The van der Waals surface area contributed by atoms with Gasteiger partial charge in [0, 0.05) is 38.1 Å². The zero-order valence-electron chi connectivity index (χ0n) is 9.44. The molecule has 0 bridgehead atoms. The molecule has 4 nitrogen and oxygen atoms in total. The van der Waals surface area contributed by atoms with Crippen molar-refractivity contribution >= 4 is 0 Å². The van der Waals surface area contributed by atoms with Gasteiger partial charge in [-0.3, -0.25) is 4.68 Å². The third-order valence-corrected chi connectivity index (χ3v) is 3.07. The van der Waals surface area contributed by atoms with Crippen LogP contribution in [0.1, 0.15) is 24.4 Å². The van der Waals surface area contributed by atoms with E-state index in [-0.39, 0.29) is 0 Å². The van der Waals surface area contributed by atoms with Gasteiger partial charge in [0.1, 0.15) is 0 Å². The molecule has 1 N–H and O–H groups in total. The van der Waals surface area contributed by atoms with E-state index in [0.717, 1.165) is 19.6 Å². The molecular formula is C11H19N3O. The number of hydrogen-bond acceptors (Lipinski definition) is 3. The molecule has 0 saturated carbocycles. The molecule has 15 heavy (non-hydrogen) atoms. The van der Waals surface area contributed by atoms with Crippen LogP contribution in [-0.4, -0.2) is 30.0 Å². The summed E-state index contributed by atoms with van der Waals surface area (Å²) in [4.78, 5) is 0. The van der Waals surface area contributed by atoms with Gasteiger partial charge in [-0.25, -0.2) is 0 Å². The van der Waals surface area contributed by atoms with Crippen LogP contribution in [0.5, 0.6) is 0 Å². The average Bonchev–Trinajstić information content (AvgIpc) is 2.85. The van der Waals surface area contributed by atoms with Crippen LogP contribution in [0.15, 0.2) is 12.4 Å². The highest BCUT2D eigenvalue weighted by Crippen LogP contribution is 2.25. The van der Waals surface area contributed by atoms with Gasteiger partial charge in [-0.2, -0.15) is 5.10 Å². The Morgan fingerprint density at radius 1 is 1.73 bits per heavy atom. The van der Waals surface area contributed by atoms with E-state index >= 15 is 0 Å². The standard InChI is InChI=1S/C11H19N3O/c1-12-11(5-9-3-4-15-8-9)10-6-13-14(2)7-10/h6-7,9,11-12H,3-5,8H2,1-2H3. The van der Waals surface area contributed by atoms with E-state index in [4.69, 9.17) is 4.74 Å². The molecule has 2 atom stereocenters. The molecule has 2 unspecified atom stereocenters. The van der Waals surface area contributed by atoms with Crippen molar-refractivity contribution in [2.24, 2.45) is 13.0 Å². The van der Waals surface area contributed by atoms with E-state index in [1.165, 1.54) is 12.0 Å². The van der Waals surface area contributed by atoms with Crippen LogP contribution < -0.4 is 5.32 Å². The Bertz CT molecular complexity index is 305. The maximum absolute atomic E-state index is 5.39. The minimum Gasteiger partial charge on any atom is -0.381 e. The van der Waals surface area contributed by atoms with E-state index in [2.05, 4.69) is 16.6 Å². The Morgan fingerprint density at radius 3 is 3.13 bits per heavy atom. The number of nitrogens with zero attached hydrogens (tertiary/aromatic N) is 2. The third-order valence-electron chi connectivity index (χ3n) is 3.07. The molecule has 1 aromatic heterocycles. The van der Waals surface area contributed by atoms with Crippen LogP contribution in [0.25, 0.3) is 0 Å². The van der Waals surface area contributed by atoms with Crippen molar-refractivity contribution in [1.82, 2.24) is 15.1 Å². The number of aryl methyl sites for hydroxylation is 1. The second-order valence-electron chi connectivity index (χ2n) is 4.25. The van der Waals surface area contributed by atoms with Crippen LogP contribution in [0, 0.1) is 5.92 Å². The topological polar surface area (TPSA) is 39.1 Å². The summed E-state index contributed by atoms with van der Waals surface area (Å²) >= 11 is 0. The fraction of sp³-hybridized carbons (Fsp3) is 0.727. The lowest BCUT2D eigenvalue weighted by Crippen LogP contribution is -2.19. The molecule has 0 radical (unpaired) electrons. The van der Waals surface area contributed by atoms with Crippen molar-refractivity contribution in [3.8, 4) is 0 Å². The first kappa shape index (κ1) is 10.6. The molecule has 0 spiro atoms. The van der Waals surface area contributed by atoms with Crippen LogP contribution >= 0.6 is 0 Å². The predicted molar refractivity (Wildman–Crippen MR) is 58.6 cm³/mol. The van der Waals surface area contributed by atoms with Gasteiger partial charge in [-0.1, -0.05) is 0 Å². The lowest BCUT2D eigenvalue weighted by molar-refractivity contribution is 0.181. The zero-order valence-corrected chi connectivity index (χ0v) is 9.44. The van der Waals surface area contributed by atoms with Gasteiger partial charge in [0.25, 0.3) is 0 Å². The minimum absolute atomic E-state index is 0.408. The molecule has 0 amide bonds. The summed E-state index contributed by atoms with van der Waals surface area (Å²) in [7, 11) is 3.96. The molecule has 1 aromatic rings.